The van der Waals surface area contributed by atoms with E-state index >= 15 is 0 Å². The van der Waals surface area contributed by atoms with Gasteiger partial charge in [-0.15, -0.1) is 0 Å². The minimum Gasteiger partial charge on any atom is -0.389 e. The van der Waals surface area contributed by atoms with Gasteiger partial charge in [0.1, 0.15) is 0 Å². The fraction of sp³-hybridized carbons (Fsp3) is 1.00. The first-order chi connectivity index (χ1) is 6.18. The lowest BCUT2D eigenvalue weighted by molar-refractivity contribution is 0.0259. The Bertz CT molecular complexity index is 117. The monoisotopic (exact) mass is 187 g/mol. The number of rotatable bonds is 8. The third-order valence-corrected chi connectivity index (χ3v) is 2.53. The lowest BCUT2D eigenvalue weighted by Crippen LogP contribution is -2.40. The highest BCUT2D eigenvalue weighted by atomic mass is 16.3. The molecule has 80 valence electrons. The van der Waals surface area contributed by atoms with Crippen LogP contribution in [0, 0.1) is 0 Å². The standard InChI is InChI=1S/C11H25NO/c1-4-7-8-11(13,6-3)10-12-9-5-2/h12-13H,4-10H2,1-3H3. The number of unbranched alkanes of at least 4 members (excludes halogenated alkanes) is 1. The average molecular weight is 187 g/mol. The van der Waals surface area contributed by atoms with Crippen LogP contribution in [0.5, 0.6) is 0 Å². The molecule has 0 aromatic heterocycles. The topological polar surface area (TPSA) is 32.3 Å². The summed E-state index contributed by atoms with van der Waals surface area (Å²) in [6.07, 6.45) is 5.20. The average Bonchev–Trinajstić information content (AvgIpc) is 2.15. The maximum absolute atomic E-state index is 10.1. The molecule has 2 heteroatoms. The van der Waals surface area contributed by atoms with Crippen molar-refractivity contribution in [3.8, 4) is 0 Å². The van der Waals surface area contributed by atoms with Crippen LogP contribution in [0.15, 0.2) is 0 Å². The Morgan fingerprint density at radius 2 is 1.85 bits per heavy atom. The molecule has 0 heterocycles. The number of nitrogens with one attached hydrogen (secondary N) is 1. The second kappa shape index (κ2) is 7.34. The summed E-state index contributed by atoms with van der Waals surface area (Å²) in [6, 6.07) is 0. The van der Waals surface area contributed by atoms with E-state index in [1.165, 1.54) is 0 Å². The van der Waals surface area contributed by atoms with Crippen LogP contribution in [0.1, 0.15) is 52.9 Å². The fourth-order valence-electron chi connectivity index (χ4n) is 1.39. The molecule has 0 aliphatic rings. The summed E-state index contributed by atoms with van der Waals surface area (Å²) in [5.41, 5.74) is -0.467. The summed E-state index contributed by atoms with van der Waals surface area (Å²) in [5.74, 6) is 0. The van der Waals surface area contributed by atoms with Gasteiger partial charge in [0.05, 0.1) is 5.60 Å². The van der Waals surface area contributed by atoms with Gasteiger partial charge in [0.25, 0.3) is 0 Å². The van der Waals surface area contributed by atoms with Crippen molar-refractivity contribution < 1.29 is 5.11 Å². The second-order valence-electron chi connectivity index (χ2n) is 3.86. The Morgan fingerprint density at radius 3 is 2.31 bits per heavy atom. The van der Waals surface area contributed by atoms with Gasteiger partial charge in [0, 0.05) is 6.54 Å². The molecule has 2 N–H and O–H groups in total. The minimum absolute atomic E-state index is 0.467. The van der Waals surface area contributed by atoms with Gasteiger partial charge < -0.3 is 10.4 Å². The van der Waals surface area contributed by atoms with Crippen molar-refractivity contribution >= 4 is 0 Å². The predicted molar refractivity (Wildman–Crippen MR) is 57.9 cm³/mol. The van der Waals surface area contributed by atoms with Crippen LogP contribution in [0.3, 0.4) is 0 Å². The highest BCUT2D eigenvalue weighted by Gasteiger charge is 2.22. The first-order valence-electron chi connectivity index (χ1n) is 5.61. The predicted octanol–water partition coefficient (Wildman–Crippen LogP) is 2.32. The largest absolute Gasteiger partial charge is 0.389 e. The SMILES string of the molecule is CCCCC(O)(CC)CNCCC. The van der Waals surface area contributed by atoms with E-state index in [-0.39, 0.29) is 0 Å². The van der Waals surface area contributed by atoms with E-state index in [4.69, 9.17) is 0 Å². The maximum Gasteiger partial charge on any atom is 0.0768 e. The third kappa shape index (κ3) is 6.05. The number of hydrogen-bond donors (Lipinski definition) is 2. The summed E-state index contributed by atoms with van der Waals surface area (Å²) < 4.78 is 0. The third-order valence-electron chi connectivity index (χ3n) is 2.53. The smallest absolute Gasteiger partial charge is 0.0768 e. The molecule has 0 bridgehead atoms. The van der Waals surface area contributed by atoms with E-state index < -0.39 is 5.60 Å². The Kier molecular flexibility index (Phi) is 7.29. The Labute approximate surface area is 82.7 Å². The van der Waals surface area contributed by atoms with Gasteiger partial charge in [-0.2, -0.15) is 0 Å². The van der Waals surface area contributed by atoms with E-state index in [0.717, 1.165) is 45.2 Å². The Balaban J connectivity index is 3.67. The summed E-state index contributed by atoms with van der Waals surface area (Å²) in [5, 5.41) is 13.4. The first-order valence-corrected chi connectivity index (χ1v) is 5.61. The molecule has 0 radical (unpaired) electrons. The second-order valence-corrected chi connectivity index (χ2v) is 3.86. The van der Waals surface area contributed by atoms with Gasteiger partial charge in [-0.05, 0) is 25.8 Å². The van der Waals surface area contributed by atoms with Gasteiger partial charge in [-0.3, -0.25) is 0 Å². The lowest BCUT2D eigenvalue weighted by atomic mass is 9.94. The molecule has 0 aromatic rings. The summed E-state index contributed by atoms with van der Waals surface area (Å²) >= 11 is 0. The molecule has 0 rings (SSSR count). The van der Waals surface area contributed by atoms with Crippen molar-refractivity contribution in [2.45, 2.75) is 58.5 Å². The lowest BCUT2D eigenvalue weighted by Gasteiger charge is -2.27. The van der Waals surface area contributed by atoms with Crippen LogP contribution in [0.2, 0.25) is 0 Å². The molecular formula is C11H25NO. The zero-order chi connectivity index (χ0) is 10.2. The van der Waals surface area contributed by atoms with Crippen LogP contribution in [0.4, 0.5) is 0 Å². The van der Waals surface area contributed by atoms with Crippen LogP contribution in [0.25, 0.3) is 0 Å². The van der Waals surface area contributed by atoms with Crippen LogP contribution in [-0.2, 0) is 0 Å². The summed E-state index contributed by atoms with van der Waals surface area (Å²) in [6.45, 7) is 8.12. The van der Waals surface area contributed by atoms with Gasteiger partial charge in [0.2, 0.25) is 0 Å². The minimum atomic E-state index is -0.467. The number of hydrogen-bond acceptors (Lipinski definition) is 2. The van der Waals surface area contributed by atoms with Crippen molar-refractivity contribution in [1.29, 1.82) is 0 Å². The Hall–Kier alpha value is -0.0800. The molecule has 0 saturated carbocycles. The highest BCUT2D eigenvalue weighted by molar-refractivity contribution is 4.78. The molecule has 1 unspecified atom stereocenters. The van der Waals surface area contributed by atoms with Gasteiger partial charge in [-0.25, -0.2) is 0 Å². The maximum atomic E-state index is 10.1. The van der Waals surface area contributed by atoms with Crippen molar-refractivity contribution in [3.63, 3.8) is 0 Å². The summed E-state index contributed by atoms with van der Waals surface area (Å²) in [7, 11) is 0. The zero-order valence-corrected chi connectivity index (χ0v) is 9.40. The molecule has 0 amide bonds. The Morgan fingerprint density at radius 1 is 1.15 bits per heavy atom. The van der Waals surface area contributed by atoms with Crippen molar-refractivity contribution in [2.24, 2.45) is 0 Å². The van der Waals surface area contributed by atoms with E-state index in [1.54, 1.807) is 0 Å². The van der Waals surface area contributed by atoms with Gasteiger partial charge in [0.15, 0.2) is 0 Å². The van der Waals surface area contributed by atoms with Crippen LogP contribution in [-0.4, -0.2) is 23.8 Å². The molecule has 0 saturated heterocycles. The van der Waals surface area contributed by atoms with E-state index in [0.29, 0.717) is 0 Å². The molecule has 0 fully saturated rings. The molecule has 13 heavy (non-hydrogen) atoms. The van der Waals surface area contributed by atoms with Crippen molar-refractivity contribution in [1.82, 2.24) is 5.32 Å². The van der Waals surface area contributed by atoms with Crippen molar-refractivity contribution in [3.05, 3.63) is 0 Å². The van der Waals surface area contributed by atoms with E-state index in [1.807, 2.05) is 0 Å². The quantitative estimate of drug-likeness (QED) is 0.572. The number of aliphatic hydroxyl groups is 1. The van der Waals surface area contributed by atoms with Gasteiger partial charge in [-0.1, -0.05) is 33.6 Å². The molecule has 1 atom stereocenters. The zero-order valence-electron chi connectivity index (χ0n) is 9.40. The van der Waals surface area contributed by atoms with Crippen molar-refractivity contribution in [2.75, 3.05) is 13.1 Å². The summed E-state index contributed by atoms with van der Waals surface area (Å²) in [4.78, 5) is 0. The molecule has 0 spiro atoms. The van der Waals surface area contributed by atoms with Crippen LogP contribution < -0.4 is 5.32 Å². The molecular weight excluding hydrogens is 162 g/mol. The highest BCUT2D eigenvalue weighted by Crippen LogP contribution is 2.17. The van der Waals surface area contributed by atoms with E-state index in [2.05, 4.69) is 26.1 Å². The normalized spacial score (nSPS) is 15.7. The molecule has 0 aliphatic heterocycles. The fourth-order valence-corrected chi connectivity index (χ4v) is 1.39. The molecule has 0 aliphatic carbocycles. The molecule has 2 nitrogen and oxygen atoms in total. The first kappa shape index (κ1) is 12.9. The van der Waals surface area contributed by atoms with Gasteiger partial charge >= 0.3 is 0 Å². The van der Waals surface area contributed by atoms with Crippen LogP contribution >= 0.6 is 0 Å². The van der Waals surface area contributed by atoms with E-state index in [9.17, 15) is 5.11 Å². The molecule has 0 aromatic carbocycles.